The van der Waals surface area contributed by atoms with Gasteiger partial charge in [0.25, 0.3) is 0 Å². The third-order valence-electron chi connectivity index (χ3n) is 3.08. The summed E-state index contributed by atoms with van der Waals surface area (Å²) in [6.07, 6.45) is 3.50. The summed E-state index contributed by atoms with van der Waals surface area (Å²) in [7, 11) is 0. The van der Waals surface area contributed by atoms with Gasteiger partial charge in [0.15, 0.2) is 0 Å². The van der Waals surface area contributed by atoms with Gasteiger partial charge in [0, 0.05) is 10.5 Å². The Kier molecular flexibility index (Phi) is 4.98. The Bertz CT molecular complexity index is 598. The number of anilines is 1. The molecule has 1 aromatic heterocycles. The maximum absolute atomic E-state index is 5.54. The van der Waals surface area contributed by atoms with Crippen LogP contribution < -0.4 is 11.3 Å². The number of nitrogen functional groups attached to an aromatic ring is 1. The summed E-state index contributed by atoms with van der Waals surface area (Å²) in [5, 5.41) is 0.974. The topological polar surface area (TPSA) is 63.8 Å². The van der Waals surface area contributed by atoms with Crippen LogP contribution in [0.2, 0.25) is 0 Å². The summed E-state index contributed by atoms with van der Waals surface area (Å²) in [4.78, 5) is 9.83. The molecule has 0 saturated carbocycles. The third kappa shape index (κ3) is 3.29. The van der Waals surface area contributed by atoms with Gasteiger partial charge in [-0.2, -0.15) is 0 Å². The molecule has 4 nitrogen and oxygen atoms in total. The molecular weight excluding hydrogens is 268 g/mol. The van der Waals surface area contributed by atoms with E-state index in [1.54, 1.807) is 18.1 Å². The van der Waals surface area contributed by atoms with E-state index in [1.165, 1.54) is 16.0 Å². The van der Waals surface area contributed by atoms with Crippen molar-refractivity contribution in [1.29, 1.82) is 0 Å². The highest BCUT2D eigenvalue weighted by atomic mass is 32.2. The van der Waals surface area contributed by atoms with E-state index in [2.05, 4.69) is 54.4 Å². The number of rotatable bonds is 5. The van der Waals surface area contributed by atoms with E-state index in [-0.39, 0.29) is 0 Å². The van der Waals surface area contributed by atoms with Gasteiger partial charge in [-0.15, -0.1) is 0 Å². The molecule has 106 valence electrons. The number of hydrazine groups is 1. The van der Waals surface area contributed by atoms with Gasteiger partial charge in [0.1, 0.15) is 17.2 Å². The largest absolute Gasteiger partial charge is 0.308 e. The summed E-state index contributed by atoms with van der Waals surface area (Å²) in [5.41, 5.74) is 6.28. The van der Waals surface area contributed by atoms with Gasteiger partial charge in [-0.05, 0) is 31.9 Å². The maximum Gasteiger partial charge on any atom is 0.147 e. The van der Waals surface area contributed by atoms with Gasteiger partial charge in [-0.25, -0.2) is 15.8 Å². The van der Waals surface area contributed by atoms with Gasteiger partial charge in [0.2, 0.25) is 0 Å². The van der Waals surface area contributed by atoms with Crippen molar-refractivity contribution in [1.82, 2.24) is 9.97 Å². The lowest BCUT2D eigenvalue weighted by atomic mass is 10.2. The maximum atomic E-state index is 5.54. The Balaban J connectivity index is 2.37. The van der Waals surface area contributed by atoms with Crippen LogP contribution in [0.3, 0.4) is 0 Å². The van der Waals surface area contributed by atoms with E-state index in [1.807, 2.05) is 0 Å². The minimum atomic E-state index is 0.717. The molecule has 0 bridgehead atoms. The van der Waals surface area contributed by atoms with Crippen LogP contribution in [-0.4, -0.2) is 9.97 Å². The Morgan fingerprint density at radius 3 is 2.70 bits per heavy atom. The van der Waals surface area contributed by atoms with E-state index in [0.717, 1.165) is 23.4 Å². The molecule has 0 atom stereocenters. The number of hydrogen-bond acceptors (Lipinski definition) is 5. The van der Waals surface area contributed by atoms with Crippen molar-refractivity contribution in [2.75, 3.05) is 5.43 Å². The quantitative estimate of drug-likeness (QED) is 0.501. The smallest absolute Gasteiger partial charge is 0.147 e. The molecule has 0 amide bonds. The van der Waals surface area contributed by atoms with Crippen LogP contribution in [0.5, 0.6) is 0 Å². The predicted octanol–water partition coefficient (Wildman–Crippen LogP) is 3.48. The molecule has 0 radical (unpaired) electrons. The zero-order valence-corrected chi connectivity index (χ0v) is 12.9. The van der Waals surface area contributed by atoms with Crippen molar-refractivity contribution < 1.29 is 0 Å². The van der Waals surface area contributed by atoms with Gasteiger partial charge < -0.3 is 5.43 Å². The van der Waals surface area contributed by atoms with Crippen molar-refractivity contribution >= 4 is 17.6 Å². The zero-order chi connectivity index (χ0) is 14.5. The molecular formula is C15H20N4S. The summed E-state index contributed by atoms with van der Waals surface area (Å²) in [5.74, 6) is 6.26. The number of aryl methyl sites for hydroxylation is 2. The van der Waals surface area contributed by atoms with E-state index in [0.29, 0.717) is 5.82 Å². The predicted molar refractivity (Wildman–Crippen MR) is 83.9 cm³/mol. The molecule has 0 unspecified atom stereocenters. The van der Waals surface area contributed by atoms with Crippen LogP contribution in [0.4, 0.5) is 5.82 Å². The Hall–Kier alpha value is -1.59. The Morgan fingerprint density at radius 1 is 1.25 bits per heavy atom. The van der Waals surface area contributed by atoms with E-state index in [9.17, 15) is 0 Å². The first-order valence-electron chi connectivity index (χ1n) is 6.71. The highest BCUT2D eigenvalue weighted by Gasteiger charge is 2.12. The van der Waals surface area contributed by atoms with Gasteiger partial charge in [-0.3, -0.25) is 0 Å². The molecule has 1 heterocycles. The Morgan fingerprint density at radius 2 is 2.05 bits per heavy atom. The molecule has 0 aliphatic rings. The van der Waals surface area contributed by atoms with Gasteiger partial charge in [0.05, 0.1) is 0 Å². The molecule has 0 aliphatic heterocycles. The molecule has 2 aromatic rings. The zero-order valence-electron chi connectivity index (χ0n) is 12.1. The van der Waals surface area contributed by atoms with Crippen molar-refractivity contribution in [3.05, 3.63) is 41.2 Å². The van der Waals surface area contributed by atoms with Crippen LogP contribution in [0.1, 0.15) is 30.0 Å². The minimum Gasteiger partial charge on any atom is -0.308 e. The number of nitrogens with two attached hydrogens (primary N) is 1. The SMILES string of the molecule is CCCc1c(NN)ncnc1Sc1ccc(C)cc1C. The number of nitrogens with zero attached hydrogens (tertiary/aromatic N) is 2. The molecule has 1 aromatic carbocycles. The fourth-order valence-corrected chi connectivity index (χ4v) is 3.09. The molecule has 0 spiro atoms. The van der Waals surface area contributed by atoms with E-state index in [4.69, 9.17) is 5.84 Å². The van der Waals surface area contributed by atoms with E-state index < -0.39 is 0 Å². The second-order valence-electron chi connectivity index (χ2n) is 4.77. The summed E-state index contributed by atoms with van der Waals surface area (Å²) in [6.45, 7) is 6.36. The lowest BCUT2D eigenvalue weighted by Gasteiger charge is -2.12. The van der Waals surface area contributed by atoms with Crippen molar-refractivity contribution in [2.45, 2.75) is 43.5 Å². The molecule has 5 heteroatoms. The molecule has 2 rings (SSSR count). The van der Waals surface area contributed by atoms with Crippen molar-refractivity contribution in [2.24, 2.45) is 5.84 Å². The van der Waals surface area contributed by atoms with Gasteiger partial charge >= 0.3 is 0 Å². The molecule has 0 saturated heterocycles. The van der Waals surface area contributed by atoms with Crippen LogP contribution in [0.25, 0.3) is 0 Å². The first-order valence-corrected chi connectivity index (χ1v) is 7.53. The number of benzene rings is 1. The number of hydrogen-bond donors (Lipinski definition) is 2. The van der Waals surface area contributed by atoms with E-state index >= 15 is 0 Å². The normalized spacial score (nSPS) is 10.6. The summed E-state index contributed by atoms with van der Waals surface area (Å²) in [6, 6.07) is 6.45. The number of aromatic nitrogens is 2. The lowest BCUT2D eigenvalue weighted by Crippen LogP contribution is -2.12. The van der Waals surface area contributed by atoms with Gasteiger partial charge in [-0.1, -0.05) is 42.8 Å². The van der Waals surface area contributed by atoms with Crippen LogP contribution >= 0.6 is 11.8 Å². The second-order valence-corrected chi connectivity index (χ2v) is 5.80. The molecule has 0 aliphatic carbocycles. The average molecular weight is 288 g/mol. The minimum absolute atomic E-state index is 0.717. The monoisotopic (exact) mass is 288 g/mol. The highest BCUT2D eigenvalue weighted by Crippen LogP contribution is 2.33. The fraction of sp³-hybridized carbons (Fsp3) is 0.333. The summed E-state index contributed by atoms with van der Waals surface area (Å²) >= 11 is 1.67. The number of nitrogens with one attached hydrogen (secondary N) is 1. The van der Waals surface area contributed by atoms with Crippen molar-refractivity contribution in [3.8, 4) is 0 Å². The first-order chi connectivity index (χ1) is 9.65. The Labute approximate surface area is 124 Å². The first kappa shape index (κ1) is 14.8. The van der Waals surface area contributed by atoms with Crippen LogP contribution in [0.15, 0.2) is 34.4 Å². The van der Waals surface area contributed by atoms with Crippen molar-refractivity contribution in [3.63, 3.8) is 0 Å². The second kappa shape index (κ2) is 6.72. The van der Waals surface area contributed by atoms with Crippen LogP contribution in [0, 0.1) is 13.8 Å². The molecule has 3 N–H and O–H groups in total. The lowest BCUT2D eigenvalue weighted by molar-refractivity contribution is 0.856. The average Bonchev–Trinajstić information content (AvgIpc) is 2.43. The molecule has 0 fully saturated rings. The highest BCUT2D eigenvalue weighted by molar-refractivity contribution is 7.99. The standard InChI is InChI=1S/C15H20N4S/c1-4-5-12-14(19-16)17-9-18-15(12)20-13-7-6-10(2)8-11(13)3/h6-9H,4-5,16H2,1-3H3,(H,17,18,19). The summed E-state index contributed by atoms with van der Waals surface area (Å²) < 4.78 is 0. The molecule has 20 heavy (non-hydrogen) atoms. The van der Waals surface area contributed by atoms with Crippen LogP contribution in [-0.2, 0) is 6.42 Å². The fourth-order valence-electron chi connectivity index (χ4n) is 2.10. The third-order valence-corrected chi connectivity index (χ3v) is 4.30.